The second-order valence-corrected chi connectivity index (χ2v) is 11.0. The highest BCUT2D eigenvalue weighted by Crippen LogP contribution is 2.31. The molecule has 0 spiro atoms. The number of ether oxygens (including phenoxy) is 2. The van der Waals surface area contributed by atoms with Crippen LogP contribution in [0.25, 0.3) is 0 Å². The van der Waals surface area contributed by atoms with Crippen LogP contribution >= 0.6 is 0 Å². The average Bonchev–Trinajstić information content (AvgIpc) is 3.24. The number of carbonyl (C=O) groups is 1. The van der Waals surface area contributed by atoms with Crippen LogP contribution in [0.5, 0.6) is 0 Å². The van der Waals surface area contributed by atoms with Crippen molar-refractivity contribution in [1.82, 2.24) is 9.55 Å². The Balaban J connectivity index is 1.47. The molecule has 1 aliphatic rings. The maximum Gasteiger partial charge on any atom is 0.351 e. The third kappa shape index (κ3) is 13.0. The molecule has 1 aliphatic heterocycles. The summed E-state index contributed by atoms with van der Waals surface area (Å²) < 4.78 is 12.1. The van der Waals surface area contributed by atoms with Crippen molar-refractivity contribution in [2.45, 2.75) is 147 Å². The van der Waals surface area contributed by atoms with Gasteiger partial charge in [0, 0.05) is 12.6 Å². The quantitative estimate of drug-likeness (QED) is 0.0944. The lowest BCUT2D eigenvalue weighted by atomic mass is 10.1. The molecule has 1 fully saturated rings. The van der Waals surface area contributed by atoms with Crippen LogP contribution in [0.4, 0.5) is 5.82 Å². The van der Waals surface area contributed by atoms with E-state index in [2.05, 4.69) is 24.1 Å². The third-order valence-corrected chi connectivity index (χ3v) is 7.53. The van der Waals surface area contributed by atoms with Gasteiger partial charge in [0.05, 0.1) is 6.61 Å². The molecule has 0 saturated carbocycles. The van der Waals surface area contributed by atoms with Gasteiger partial charge in [-0.25, -0.2) is 4.79 Å². The normalized spacial score (nSPS) is 20.9. The van der Waals surface area contributed by atoms with Crippen molar-refractivity contribution < 1.29 is 24.5 Å². The summed E-state index contributed by atoms with van der Waals surface area (Å²) in [5, 5.41) is 20.3. The van der Waals surface area contributed by atoms with Gasteiger partial charge in [-0.1, -0.05) is 96.1 Å². The highest BCUT2D eigenvalue weighted by Gasteiger charge is 2.47. The van der Waals surface area contributed by atoms with Gasteiger partial charge < -0.3 is 25.4 Å². The molecule has 4 N–H and O–H groups in total. The molecule has 0 aromatic carbocycles. The summed E-state index contributed by atoms with van der Waals surface area (Å²) in [4.78, 5) is 28.1. The molecule has 40 heavy (non-hydrogen) atoms. The van der Waals surface area contributed by atoms with Gasteiger partial charge >= 0.3 is 11.7 Å². The summed E-state index contributed by atoms with van der Waals surface area (Å²) in [6.45, 7) is 1.80. The Kier molecular flexibility index (Phi) is 17.5. The Morgan fingerprint density at radius 2 is 1.52 bits per heavy atom. The van der Waals surface area contributed by atoms with Gasteiger partial charge in [0.25, 0.3) is 0 Å². The number of carbonyl (C=O) groups excluding carboxylic acids is 1. The first-order chi connectivity index (χ1) is 19.5. The lowest BCUT2D eigenvalue weighted by molar-refractivity contribution is -0.156. The van der Waals surface area contributed by atoms with Gasteiger partial charge in [-0.2, -0.15) is 4.98 Å². The summed E-state index contributed by atoms with van der Waals surface area (Å²) in [6, 6.07) is 1.40. The topological polar surface area (TPSA) is 137 Å². The van der Waals surface area contributed by atoms with Gasteiger partial charge in [0.2, 0.25) is 0 Å². The van der Waals surface area contributed by atoms with E-state index in [4.69, 9.17) is 15.2 Å². The van der Waals surface area contributed by atoms with Crippen LogP contribution < -0.4 is 11.4 Å². The number of hydrogen-bond acceptors (Lipinski definition) is 8. The Morgan fingerprint density at radius 1 is 0.975 bits per heavy atom. The SMILES string of the molecule is CCCCCCCC/C=C\CCCCCCCCCCCC(=O)O[C@H]1[C@H](O)[C@H](n2ccc(N)nc2=O)O[C@@H]1CO. The van der Waals surface area contributed by atoms with Crippen molar-refractivity contribution in [2.75, 3.05) is 12.3 Å². The fraction of sp³-hybridized carbons (Fsp3) is 0.774. The Bertz CT molecular complexity index is 905. The maximum absolute atomic E-state index is 12.4. The summed E-state index contributed by atoms with van der Waals surface area (Å²) in [7, 11) is 0. The Labute approximate surface area is 240 Å². The first-order valence-electron chi connectivity index (χ1n) is 15.6. The summed E-state index contributed by atoms with van der Waals surface area (Å²) in [5.41, 5.74) is 4.81. The van der Waals surface area contributed by atoms with Crippen LogP contribution in [0, 0.1) is 0 Å². The Hall–Kier alpha value is -2.23. The van der Waals surface area contributed by atoms with Crippen LogP contribution in [-0.2, 0) is 14.3 Å². The molecular formula is C31H53N3O6. The third-order valence-electron chi connectivity index (χ3n) is 7.53. The van der Waals surface area contributed by atoms with E-state index in [9.17, 15) is 19.8 Å². The summed E-state index contributed by atoms with van der Waals surface area (Å²) in [5.74, 6) is -0.400. The van der Waals surface area contributed by atoms with E-state index in [0.717, 1.165) is 17.4 Å². The van der Waals surface area contributed by atoms with Crippen LogP contribution in [0.1, 0.15) is 129 Å². The fourth-order valence-electron chi connectivity index (χ4n) is 5.12. The van der Waals surface area contributed by atoms with Gasteiger partial charge in [-0.15, -0.1) is 0 Å². The molecule has 0 radical (unpaired) electrons. The molecule has 0 aliphatic carbocycles. The van der Waals surface area contributed by atoms with E-state index in [1.807, 2.05) is 0 Å². The number of aliphatic hydroxyl groups is 2. The summed E-state index contributed by atoms with van der Waals surface area (Å²) in [6.07, 6.45) is 22.7. The maximum atomic E-state index is 12.4. The Morgan fingerprint density at radius 3 is 2.08 bits per heavy atom. The highest BCUT2D eigenvalue weighted by molar-refractivity contribution is 5.69. The van der Waals surface area contributed by atoms with Crippen LogP contribution in [0.2, 0.25) is 0 Å². The number of nitrogens with zero attached hydrogens (tertiary/aromatic N) is 2. The minimum Gasteiger partial charge on any atom is -0.457 e. The minimum atomic E-state index is -1.31. The van der Waals surface area contributed by atoms with E-state index in [-0.39, 0.29) is 12.2 Å². The van der Waals surface area contributed by atoms with Crippen LogP contribution in [0.3, 0.4) is 0 Å². The molecule has 2 heterocycles. The molecule has 4 atom stereocenters. The molecule has 1 aromatic rings. The number of hydrogen-bond donors (Lipinski definition) is 3. The van der Waals surface area contributed by atoms with Crippen LogP contribution in [-0.4, -0.2) is 50.7 Å². The zero-order valence-electron chi connectivity index (χ0n) is 24.6. The predicted octanol–water partition coefficient (Wildman–Crippen LogP) is 5.59. The van der Waals surface area contributed by atoms with E-state index in [0.29, 0.717) is 6.42 Å². The largest absolute Gasteiger partial charge is 0.457 e. The van der Waals surface area contributed by atoms with Crippen molar-refractivity contribution in [3.63, 3.8) is 0 Å². The average molecular weight is 564 g/mol. The van der Waals surface area contributed by atoms with E-state index < -0.39 is 42.8 Å². The predicted molar refractivity (Wildman–Crippen MR) is 158 cm³/mol. The lowest BCUT2D eigenvalue weighted by Crippen LogP contribution is -2.39. The number of nitrogens with two attached hydrogens (primary N) is 1. The van der Waals surface area contributed by atoms with Crippen molar-refractivity contribution in [2.24, 2.45) is 0 Å². The molecule has 2 rings (SSSR count). The minimum absolute atomic E-state index is 0.0488. The van der Waals surface area contributed by atoms with Crippen molar-refractivity contribution in [3.05, 3.63) is 34.9 Å². The smallest absolute Gasteiger partial charge is 0.351 e. The number of esters is 1. The van der Waals surface area contributed by atoms with E-state index >= 15 is 0 Å². The monoisotopic (exact) mass is 563 g/mol. The highest BCUT2D eigenvalue weighted by atomic mass is 16.6. The molecule has 1 saturated heterocycles. The van der Waals surface area contributed by atoms with E-state index in [1.165, 1.54) is 102 Å². The number of allylic oxidation sites excluding steroid dienone is 2. The zero-order valence-corrected chi connectivity index (χ0v) is 24.6. The zero-order chi connectivity index (χ0) is 29.0. The number of rotatable bonds is 22. The first kappa shape index (κ1) is 34.0. The molecule has 0 unspecified atom stereocenters. The van der Waals surface area contributed by atoms with Crippen LogP contribution in [0.15, 0.2) is 29.2 Å². The van der Waals surface area contributed by atoms with Gasteiger partial charge in [-0.3, -0.25) is 9.36 Å². The molecule has 9 nitrogen and oxygen atoms in total. The van der Waals surface area contributed by atoms with Crippen molar-refractivity contribution in [1.29, 1.82) is 0 Å². The molecule has 9 heteroatoms. The second-order valence-electron chi connectivity index (χ2n) is 11.0. The number of aliphatic hydroxyl groups excluding tert-OH is 2. The molecule has 0 amide bonds. The van der Waals surface area contributed by atoms with Crippen molar-refractivity contribution in [3.8, 4) is 0 Å². The van der Waals surface area contributed by atoms with E-state index in [1.54, 1.807) is 0 Å². The molecular weight excluding hydrogens is 510 g/mol. The first-order valence-corrected chi connectivity index (χ1v) is 15.6. The number of unbranched alkanes of at least 4 members (excludes halogenated alkanes) is 15. The standard InChI is InChI=1S/C31H53N3O6/c1-2-3-4-5-6-7-8-9-10-11-12-13-14-15-16-17-18-19-20-21-27(36)40-29-25(24-35)39-30(28(29)37)34-23-22-26(32)33-31(34)38/h9-10,22-23,25,28-30,35,37H,2-8,11-21,24H2,1H3,(H2,32,33,38)/b10-9-/t25-,28+,29-,30-/m1/s1. The molecule has 0 bridgehead atoms. The van der Waals surface area contributed by atoms with Gasteiger partial charge in [0.15, 0.2) is 12.3 Å². The molecule has 1 aromatic heterocycles. The number of nitrogen functional groups attached to an aromatic ring is 1. The lowest BCUT2D eigenvalue weighted by Gasteiger charge is -2.20. The van der Waals surface area contributed by atoms with Gasteiger partial charge in [0.1, 0.15) is 18.0 Å². The summed E-state index contributed by atoms with van der Waals surface area (Å²) >= 11 is 0. The number of aromatic nitrogens is 2. The fourth-order valence-corrected chi connectivity index (χ4v) is 5.12. The second kappa shape index (κ2) is 20.6. The molecule has 228 valence electrons. The number of anilines is 1. The van der Waals surface area contributed by atoms with Gasteiger partial charge in [-0.05, 0) is 38.2 Å². The van der Waals surface area contributed by atoms with Crippen molar-refractivity contribution >= 4 is 11.8 Å².